The summed E-state index contributed by atoms with van der Waals surface area (Å²) in [6.45, 7) is 1.22. The molecular weight excluding hydrogens is 534 g/mol. The number of carbonyl (C=O) groups excluding carboxylic acids is 2. The molecule has 2 aliphatic carbocycles. The predicted molar refractivity (Wildman–Crippen MR) is 159 cm³/mol. The summed E-state index contributed by atoms with van der Waals surface area (Å²) in [5.74, 6) is 0.142. The van der Waals surface area contributed by atoms with Gasteiger partial charge in [0.15, 0.2) is 12.3 Å². The molecule has 226 valence electrons. The van der Waals surface area contributed by atoms with Gasteiger partial charge < -0.3 is 19.9 Å². The van der Waals surface area contributed by atoms with Gasteiger partial charge in [0.1, 0.15) is 0 Å². The van der Waals surface area contributed by atoms with Crippen molar-refractivity contribution in [3.63, 3.8) is 0 Å². The normalized spacial score (nSPS) is 30.0. The van der Waals surface area contributed by atoms with Crippen molar-refractivity contribution in [1.29, 1.82) is 0 Å². The summed E-state index contributed by atoms with van der Waals surface area (Å²) in [7, 11) is 0. The maximum Gasteiger partial charge on any atom is 0.362 e. The Kier molecular flexibility index (Phi) is 8.60. The lowest BCUT2D eigenvalue weighted by atomic mass is 9.73. The van der Waals surface area contributed by atoms with Gasteiger partial charge in [-0.15, -0.1) is 0 Å². The second kappa shape index (κ2) is 12.5. The van der Waals surface area contributed by atoms with Crippen LogP contribution in [0.3, 0.4) is 0 Å². The minimum absolute atomic E-state index is 0.0310. The van der Waals surface area contributed by atoms with Crippen LogP contribution in [0, 0.1) is 11.8 Å². The van der Waals surface area contributed by atoms with Crippen LogP contribution in [-0.4, -0.2) is 63.4 Å². The number of rotatable bonds is 8. The maximum atomic E-state index is 14.3. The first-order valence-electron chi connectivity index (χ1n) is 15.9. The topological polar surface area (TPSA) is 129 Å². The molecule has 0 radical (unpaired) electrons. The van der Waals surface area contributed by atoms with Gasteiger partial charge in [0.05, 0.1) is 17.6 Å². The highest BCUT2D eigenvalue weighted by molar-refractivity contribution is 6.42. The Morgan fingerprint density at radius 1 is 0.929 bits per heavy atom. The Labute approximate surface area is 246 Å². The van der Waals surface area contributed by atoms with Crippen molar-refractivity contribution in [1.82, 2.24) is 14.5 Å². The van der Waals surface area contributed by atoms with Crippen molar-refractivity contribution in [3.8, 4) is 0 Å². The quantitative estimate of drug-likeness (QED) is 0.284. The lowest BCUT2D eigenvalue weighted by molar-refractivity contribution is -0.135. The Hall–Kier alpha value is -3.27. The number of hydrogen-bond donors (Lipinski definition) is 1. The summed E-state index contributed by atoms with van der Waals surface area (Å²) in [4.78, 5) is 50.9. The number of amides is 1. The molecule has 10 heteroatoms. The van der Waals surface area contributed by atoms with Gasteiger partial charge in [-0.25, -0.2) is 9.78 Å². The molecule has 42 heavy (non-hydrogen) atoms. The molecule has 0 spiro atoms. The van der Waals surface area contributed by atoms with Gasteiger partial charge >= 0.3 is 5.97 Å². The lowest BCUT2D eigenvalue weighted by Gasteiger charge is -2.54. The zero-order valence-corrected chi connectivity index (χ0v) is 24.6. The van der Waals surface area contributed by atoms with E-state index in [0.29, 0.717) is 23.6 Å². The number of ether oxygens (including phenoxy) is 1. The number of esters is 1. The van der Waals surface area contributed by atoms with E-state index in [1.165, 1.54) is 51.4 Å². The zero-order valence-electron chi connectivity index (χ0n) is 24.6. The number of carbonyl (C=O) groups is 2. The van der Waals surface area contributed by atoms with Crippen molar-refractivity contribution in [2.75, 3.05) is 13.2 Å². The first-order chi connectivity index (χ1) is 20.4. The molecule has 2 saturated heterocycles. The molecule has 10 nitrogen and oxygen atoms in total. The lowest BCUT2D eigenvalue weighted by Crippen LogP contribution is -2.58. The molecular formula is C32H43N5O5. The first-order valence-corrected chi connectivity index (χ1v) is 15.9. The smallest absolute Gasteiger partial charge is 0.362 e. The van der Waals surface area contributed by atoms with Crippen molar-refractivity contribution >= 4 is 28.6 Å². The molecule has 4 bridgehead atoms. The van der Waals surface area contributed by atoms with Crippen LogP contribution in [0.5, 0.6) is 0 Å². The Morgan fingerprint density at radius 3 is 2.29 bits per heavy atom. The van der Waals surface area contributed by atoms with Gasteiger partial charge in [0.25, 0.3) is 11.5 Å². The fourth-order valence-electron chi connectivity index (χ4n) is 8.51. The van der Waals surface area contributed by atoms with Gasteiger partial charge in [0, 0.05) is 24.2 Å². The zero-order chi connectivity index (χ0) is 29.2. The molecule has 3 heterocycles. The van der Waals surface area contributed by atoms with E-state index in [-0.39, 0.29) is 24.1 Å². The summed E-state index contributed by atoms with van der Waals surface area (Å²) in [5.41, 5.74) is 5.62. The third kappa shape index (κ3) is 5.82. The molecule has 1 aromatic carbocycles. The highest BCUT2D eigenvalue weighted by atomic mass is 16.6. The van der Waals surface area contributed by atoms with Crippen molar-refractivity contribution in [2.45, 2.75) is 108 Å². The van der Waals surface area contributed by atoms with Crippen LogP contribution in [0.25, 0.3) is 11.0 Å². The van der Waals surface area contributed by atoms with Crippen molar-refractivity contribution < 1.29 is 19.2 Å². The van der Waals surface area contributed by atoms with Crippen LogP contribution >= 0.6 is 0 Å². The van der Waals surface area contributed by atoms with Gasteiger partial charge in [0.2, 0.25) is 5.71 Å². The molecule has 6 rings (SSSR count). The van der Waals surface area contributed by atoms with Gasteiger partial charge in [-0.05, 0) is 75.8 Å². The number of oxime groups is 1. The van der Waals surface area contributed by atoms with E-state index in [4.69, 9.17) is 15.3 Å². The number of aromatic nitrogens is 2. The fourth-order valence-corrected chi connectivity index (χ4v) is 8.51. The number of benzene rings is 1. The van der Waals surface area contributed by atoms with Crippen LogP contribution in [0.15, 0.2) is 34.2 Å². The predicted octanol–water partition coefficient (Wildman–Crippen LogP) is 4.08. The van der Waals surface area contributed by atoms with Crippen LogP contribution in [0.4, 0.5) is 0 Å². The summed E-state index contributed by atoms with van der Waals surface area (Å²) in [6, 6.07) is 9.02. The van der Waals surface area contributed by atoms with E-state index < -0.39 is 24.0 Å². The van der Waals surface area contributed by atoms with E-state index in [1.807, 2.05) is 28.8 Å². The van der Waals surface area contributed by atoms with E-state index in [1.54, 1.807) is 6.92 Å². The second-order valence-electron chi connectivity index (χ2n) is 12.7. The standard InChI is InChI=1S/C32H43N5O5/c1-2-41-32(40)30(35-42-19-28(33)38)29-31(39)37(27-13-6-5-12-26(27)34-29)25-17-22-10-7-11-23(18-25)36(22)24-15-20-8-3-4-9-21(14-20)16-24/h5-6,12-13,20-25H,2-4,7-11,14-19H2,1H3,(H2,33,38)/b35-30-/t20?,21?,22-,23+,24?,25?. The highest BCUT2D eigenvalue weighted by Crippen LogP contribution is 2.47. The van der Waals surface area contributed by atoms with E-state index in [0.717, 1.165) is 43.0 Å². The van der Waals surface area contributed by atoms with E-state index in [2.05, 4.69) is 15.0 Å². The Morgan fingerprint density at radius 2 is 1.62 bits per heavy atom. The van der Waals surface area contributed by atoms with E-state index >= 15 is 0 Å². The van der Waals surface area contributed by atoms with Crippen LogP contribution < -0.4 is 11.3 Å². The van der Waals surface area contributed by atoms with Crippen molar-refractivity contribution in [2.24, 2.45) is 22.7 Å². The number of nitrogens with zero attached hydrogens (tertiary/aromatic N) is 4. The molecule has 1 amide bonds. The number of primary amides is 1. The Bertz CT molecular complexity index is 1380. The fraction of sp³-hybridized carbons (Fsp3) is 0.656. The summed E-state index contributed by atoms with van der Waals surface area (Å²) >= 11 is 0. The third-order valence-corrected chi connectivity index (χ3v) is 10.00. The minimum Gasteiger partial charge on any atom is -0.461 e. The van der Waals surface area contributed by atoms with Gasteiger partial charge in [-0.1, -0.05) is 49.4 Å². The van der Waals surface area contributed by atoms with Crippen LogP contribution in [0.1, 0.15) is 95.7 Å². The summed E-state index contributed by atoms with van der Waals surface area (Å²) < 4.78 is 7.03. The second-order valence-corrected chi connectivity index (χ2v) is 12.7. The van der Waals surface area contributed by atoms with Crippen molar-refractivity contribution in [3.05, 3.63) is 40.3 Å². The van der Waals surface area contributed by atoms with Crippen LogP contribution in [0.2, 0.25) is 0 Å². The largest absolute Gasteiger partial charge is 0.461 e. The van der Waals surface area contributed by atoms with E-state index in [9.17, 15) is 14.4 Å². The molecule has 5 atom stereocenters. The molecule has 2 N–H and O–H groups in total. The Balaban J connectivity index is 1.35. The average molecular weight is 578 g/mol. The number of piperidine rings is 2. The molecule has 2 aromatic rings. The minimum atomic E-state index is -0.834. The molecule has 1 aromatic heterocycles. The molecule has 2 saturated carbocycles. The van der Waals surface area contributed by atoms with Gasteiger partial charge in [-0.3, -0.25) is 14.5 Å². The number of para-hydroxylation sites is 2. The maximum absolute atomic E-state index is 14.3. The SMILES string of the molecule is CCOC(=O)/C(=N\OCC(N)=O)c1nc2ccccc2n(C2C[C@H]3CCC[C@@H](C2)N3C2CC3CCCCC(C3)C2)c1=O. The van der Waals surface area contributed by atoms with Crippen LogP contribution in [-0.2, 0) is 19.2 Å². The number of nitrogens with two attached hydrogens (primary N) is 1. The third-order valence-electron chi connectivity index (χ3n) is 10.00. The number of fused-ring (bicyclic) bond motifs is 5. The summed E-state index contributed by atoms with van der Waals surface area (Å²) in [6.07, 6.45) is 14.9. The molecule has 3 unspecified atom stereocenters. The molecule has 4 fully saturated rings. The average Bonchev–Trinajstić information content (AvgIpc) is 3.13. The number of hydrogen-bond acceptors (Lipinski definition) is 8. The summed E-state index contributed by atoms with van der Waals surface area (Å²) in [5, 5.41) is 3.83. The molecule has 2 aliphatic heterocycles. The molecule has 4 aliphatic rings. The monoisotopic (exact) mass is 577 g/mol. The first kappa shape index (κ1) is 28.8. The highest BCUT2D eigenvalue weighted by Gasteiger charge is 2.45. The van der Waals surface area contributed by atoms with Gasteiger partial charge in [-0.2, -0.15) is 0 Å².